The maximum atomic E-state index is 5.81. The van der Waals surface area contributed by atoms with Crippen molar-refractivity contribution in [2.24, 2.45) is 5.92 Å². The van der Waals surface area contributed by atoms with E-state index >= 15 is 0 Å². The fraction of sp³-hybridized carbons (Fsp3) is 0.667. The first-order valence-electron chi connectivity index (χ1n) is 10.8. The molecule has 0 bridgehead atoms. The van der Waals surface area contributed by atoms with Gasteiger partial charge in [-0.2, -0.15) is 0 Å². The van der Waals surface area contributed by atoms with E-state index < -0.39 is 0 Å². The second-order valence-electron chi connectivity index (χ2n) is 8.42. The van der Waals surface area contributed by atoms with Crippen molar-refractivity contribution in [3.05, 3.63) is 30.1 Å². The summed E-state index contributed by atoms with van der Waals surface area (Å²) in [4.78, 5) is 4.02. The number of anilines is 1. The van der Waals surface area contributed by atoms with Gasteiger partial charge in [-0.15, -0.1) is 5.10 Å². The lowest BCUT2D eigenvalue weighted by Gasteiger charge is -2.38. The number of nitrogens with one attached hydrogen (secondary N) is 1. The zero-order valence-corrected chi connectivity index (χ0v) is 17.8. The molecule has 8 nitrogen and oxygen atoms in total. The molecule has 1 N–H and O–H groups in total. The van der Waals surface area contributed by atoms with Crippen molar-refractivity contribution in [2.45, 2.75) is 45.4 Å². The molecule has 8 heteroatoms. The van der Waals surface area contributed by atoms with Gasteiger partial charge in [0.1, 0.15) is 5.75 Å². The molecule has 29 heavy (non-hydrogen) atoms. The van der Waals surface area contributed by atoms with Crippen LogP contribution in [0.25, 0.3) is 0 Å². The summed E-state index contributed by atoms with van der Waals surface area (Å²) in [6.45, 7) is 10.4. The van der Waals surface area contributed by atoms with Crippen molar-refractivity contribution < 1.29 is 14.4 Å². The van der Waals surface area contributed by atoms with Crippen LogP contribution in [0.15, 0.2) is 24.3 Å². The largest absolute Gasteiger partial charge is 0.497 e. The first kappa shape index (κ1) is 20.1. The molecule has 2 aromatic rings. The number of benzene rings is 1. The Morgan fingerprint density at radius 3 is 2.59 bits per heavy atom. The maximum Gasteiger partial charge on any atom is 0.209 e. The summed E-state index contributed by atoms with van der Waals surface area (Å²) in [5.41, 5.74) is 1.26. The Bertz CT molecular complexity index is 764. The number of nitrogens with zero attached hydrogens (tertiary/aromatic N) is 5. The lowest BCUT2D eigenvalue weighted by atomic mass is 10.0. The summed E-state index contributed by atoms with van der Waals surface area (Å²) in [6.07, 6.45) is 2.47. The summed E-state index contributed by atoms with van der Waals surface area (Å²) >= 11 is 0. The van der Waals surface area contributed by atoms with E-state index in [-0.39, 0.29) is 6.10 Å². The van der Waals surface area contributed by atoms with Crippen LogP contribution in [0.5, 0.6) is 5.75 Å². The lowest BCUT2D eigenvalue weighted by molar-refractivity contribution is -0.937. The number of hydrogen-bond donors (Lipinski definition) is 1. The summed E-state index contributed by atoms with van der Waals surface area (Å²) in [7, 11) is 1.70. The summed E-state index contributed by atoms with van der Waals surface area (Å²) in [6, 6.07) is 8.65. The van der Waals surface area contributed by atoms with Gasteiger partial charge in [-0.1, -0.05) is 13.8 Å². The zero-order chi connectivity index (χ0) is 20.2. The third-order valence-electron chi connectivity index (χ3n) is 6.19. The van der Waals surface area contributed by atoms with Crippen molar-refractivity contribution in [3.8, 4) is 5.75 Å². The Morgan fingerprint density at radius 1 is 1.21 bits per heavy atom. The van der Waals surface area contributed by atoms with E-state index in [9.17, 15) is 0 Å². The Hall–Kier alpha value is -2.19. The average Bonchev–Trinajstić information content (AvgIpc) is 3.42. The zero-order valence-electron chi connectivity index (χ0n) is 17.8. The molecule has 0 spiro atoms. The number of tetrazole rings is 1. The van der Waals surface area contributed by atoms with Gasteiger partial charge in [0.15, 0.2) is 6.04 Å². The highest BCUT2D eigenvalue weighted by atomic mass is 16.5. The van der Waals surface area contributed by atoms with Crippen LogP contribution < -0.4 is 14.5 Å². The minimum Gasteiger partial charge on any atom is -0.497 e. The third-order valence-corrected chi connectivity index (χ3v) is 6.19. The lowest BCUT2D eigenvalue weighted by Crippen LogP contribution is -3.15. The van der Waals surface area contributed by atoms with Gasteiger partial charge in [0.25, 0.3) is 0 Å². The molecule has 2 saturated heterocycles. The van der Waals surface area contributed by atoms with E-state index in [1.807, 2.05) is 16.8 Å². The van der Waals surface area contributed by atoms with Gasteiger partial charge < -0.3 is 19.3 Å². The van der Waals surface area contributed by atoms with Crippen LogP contribution >= 0.6 is 0 Å². The molecule has 2 fully saturated rings. The number of ether oxygens (including phenoxy) is 2. The van der Waals surface area contributed by atoms with Crippen molar-refractivity contribution in [1.82, 2.24) is 20.2 Å². The van der Waals surface area contributed by atoms with Gasteiger partial charge >= 0.3 is 0 Å². The van der Waals surface area contributed by atoms with E-state index in [2.05, 4.69) is 46.4 Å². The minimum absolute atomic E-state index is 0.243. The quantitative estimate of drug-likeness (QED) is 0.745. The Morgan fingerprint density at radius 2 is 1.97 bits per heavy atom. The normalized spacial score (nSPS) is 21.7. The SMILES string of the molecule is COc1ccc(N2CC[NH+]([C@H](c3nnnn3C[C@@H]3CCCO3)C(C)C)CC2)cc1. The number of rotatable bonds is 7. The molecule has 0 saturated carbocycles. The molecule has 0 radical (unpaired) electrons. The van der Waals surface area contributed by atoms with Gasteiger partial charge in [0.05, 0.1) is 45.9 Å². The topological polar surface area (TPSA) is 69.7 Å². The molecule has 2 aliphatic heterocycles. The number of aromatic nitrogens is 4. The molecule has 3 heterocycles. The van der Waals surface area contributed by atoms with Crippen molar-refractivity contribution in [3.63, 3.8) is 0 Å². The average molecular weight is 402 g/mol. The highest BCUT2D eigenvalue weighted by molar-refractivity contribution is 5.49. The molecule has 2 aliphatic rings. The smallest absolute Gasteiger partial charge is 0.209 e. The minimum atomic E-state index is 0.243. The molecular formula is C21H33N6O2+. The van der Waals surface area contributed by atoms with E-state index in [4.69, 9.17) is 9.47 Å². The summed E-state index contributed by atoms with van der Waals surface area (Å²) in [5, 5.41) is 12.8. The van der Waals surface area contributed by atoms with Crippen molar-refractivity contribution in [1.29, 1.82) is 0 Å². The monoisotopic (exact) mass is 401 g/mol. The Balaban J connectivity index is 1.43. The van der Waals surface area contributed by atoms with Crippen molar-refractivity contribution >= 4 is 5.69 Å². The van der Waals surface area contributed by atoms with E-state index in [1.54, 1.807) is 12.0 Å². The van der Waals surface area contributed by atoms with Crippen LogP contribution in [-0.2, 0) is 11.3 Å². The first-order chi connectivity index (χ1) is 14.2. The molecule has 0 aliphatic carbocycles. The highest BCUT2D eigenvalue weighted by Crippen LogP contribution is 2.21. The summed E-state index contributed by atoms with van der Waals surface area (Å²) in [5.74, 6) is 2.37. The van der Waals surface area contributed by atoms with Crippen LogP contribution in [-0.4, -0.2) is 66.2 Å². The first-order valence-corrected chi connectivity index (χ1v) is 10.8. The molecule has 158 valence electrons. The molecule has 1 aromatic heterocycles. The highest BCUT2D eigenvalue weighted by Gasteiger charge is 2.35. The second-order valence-corrected chi connectivity index (χ2v) is 8.42. The fourth-order valence-electron chi connectivity index (χ4n) is 4.65. The number of hydrogen-bond acceptors (Lipinski definition) is 6. The summed E-state index contributed by atoms with van der Waals surface area (Å²) < 4.78 is 13.1. The molecule has 1 aromatic carbocycles. The Kier molecular flexibility index (Phi) is 6.30. The fourth-order valence-corrected chi connectivity index (χ4v) is 4.65. The number of quaternary nitrogens is 1. The van der Waals surface area contributed by atoms with Crippen LogP contribution in [0.2, 0.25) is 0 Å². The van der Waals surface area contributed by atoms with Crippen molar-refractivity contribution in [2.75, 3.05) is 44.8 Å². The molecule has 2 atom stereocenters. The molecule has 4 rings (SSSR count). The molecule has 0 amide bonds. The Labute approximate surface area is 172 Å². The van der Waals surface area contributed by atoms with Gasteiger partial charge in [0.2, 0.25) is 5.82 Å². The van der Waals surface area contributed by atoms with Crippen LogP contribution in [0.4, 0.5) is 5.69 Å². The second kappa shape index (κ2) is 9.09. The molecule has 0 unspecified atom stereocenters. The third kappa shape index (κ3) is 4.53. The van der Waals surface area contributed by atoms with Gasteiger partial charge in [-0.3, -0.25) is 0 Å². The predicted molar refractivity (Wildman–Crippen MR) is 110 cm³/mol. The molecular weight excluding hydrogens is 368 g/mol. The van der Waals surface area contributed by atoms with Gasteiger partial charge in [0, 0.05) is 18.2 Å². The predicted octanol–water partition coefficient (Wildman–Crippen LogP) is 0.963. The van der Waals surface area contributed by atoms with Gasteiger partial charge in [-0.05, 0) is 47.5 Å². The van der Waals surface area contributed by atoms with E-state index in [1.165, 1.54) is 5.69 Å². The van der Waals surface area contributed by atoms with Crippen LogP contribution in [0.1, 0.15) is 38.6 Å². The van der Waals surface area contributed by atoms with Crippen LogP contribution in [0.3, 0.4) is 0 Å². The van der Waals surface area contributed by atoms with Gasteiger partial charge in [-0.25, -0.2) is 4.68 Å². The van der Waals surface area contributed by atoms with E-state index in [0.717, 1.165) is 63.7 Å². The standard InChI is InChI=1S/C21H32N6O2/c1-16(2)20(21-22-23-24-27(21)15-19-5-4-14-29-19)26-12-10-25(11-13-26)17-6-8-18(28-3)9-7-17/h6-9,16,19-20H,4-5,10-15H2,1-3H3/p+1/t19-,20-/m0/s1. The number of methoxy groups -OCH3 is 1. The maximum absolute atomic E-state index is 5.81. The van der Waals surface area contributed by atoms with Crippen LogP contribution in [0, 0.1) is 5.92 Å². The number of piperazine rings is 1. The van der Waals surface area contributed by atoms with E-state index in [0.29, 0.717) is 12.0 Å².